The van der Waals surface area contributed by atoms with Crippen LogP contribution in [0.15, 0.2) is 47.2 Å². The summed E-state index contributed by atoms with van der Waals surface area (Å²) in [5.74, 6) is 1.21. The van der Waals surface area contributed by atoms with E-state index < -0.39 is 0 Å². The molecule has 3 aromatic rings. The zero-order valence-electron chi connectivity index (χ0n) is 18.3. The first-order valence-electron chi connectivity index (χ1n) is 10.4. The standard InChI is InChI=1S/C24H26N2O4S2/c1-15(27)25-18(21-6-4-10-31-21)14-23(28)26-9-8-16-12-19(29-2)20(30-3)13-17(16)24(26)22-7-5-11-32-22/h4-7,10-13,18,24H,8-9,14H2,1-3H3,(H,25,27)/t18-,24-/m1/s1. The first-order chi connectivity index (χ1) is 15.5. The molecule has 0 bridgehead atoms. The number of rotatable bonds is 7. The summed E-state index contributed by atoms with van der Waals surface area (Å²) in [6.07, 6.45) is 0.942. The molecule has 1 aromatic carbocycles. The second kappa shape index (κ2) is 9.75. The SMILES string of the molecule is COc1cc2c(cc1OC)[C@H](c1cccs1)N(C(=O)C[C@@H](NC(C)=O)c1cccs1)CC2. The van der Waals surface area contributed by atoms with Crippen LogP contribution in [-0.2, 0) is 16.0 Å². The summed E-state index contributed by atoms with van der Waals surface area (Å²) in [5, 5.41) is 6.93. The second-order valence-corrected chi connectivity index (χ2v) is 9.59. The van der Waals surface area contributed by atoms with E-state index >= 15 is 0 Å². The van der Waals surface area contributed by atoms with Crippen molar-refractivity contribution >= 4 is 34.5 Å². The molecule has 0 spiro atoms. The van der Waals surface area contributed by atoms with Crippen LogP contribution in [0.3, 0.4) is 0 Å². The normalized spacial score (nSPS) is 16.2. The van der Waals surface area contributed by atoms with Crippen LogP contribution in [0.2, 0.25) is 0 Å². The Hall–Kier alpha value is -2.84. The molecule has 1 N–H and O–H groups in total. The molecule has 6 nitrogen and oxygen atoms in total. The first kappa shape index (κ1) is 22.4. The molecule has 8 heteroatoms. The van der Waals surface area contributed by atoms with Gasteiger partial charge < -0.3 is 19.7 Å². The van der Waals surface area contributed by atoms with E-state index in [-0.39, 0.29) is 30.3 Å². The molecule has 0 fully saturated rings. The Morgan fingerprint density at radius 3 is 2.47 bits per heavy atom. The Morgan fingerprint density at radius 1 is 1.12 bits per heavy atom. The van der Waals surface area contributed by atoms with Gasteiger partial charge in [0, 0.05) is 23.2 Å². The van der Waals surface area contributed by atoms with Crippen LogP contribution >= 0.6 is 22.7 Å². The lowest BCUT2D eigenvalue weighted by molar-refractivity contribution is -0.134. The minimum absolute atomic E-state index is 0.0102. The first-order valence-corrected chi connectivity index (χ1v) is 12.2. The topological polar surface area (TPSA) is 67.9 Å². The highest BCUT2D eigenvalue weighted by Crippen LogP contribution is 2.42. The summed E-state index contributed by atoms with van der Waals surface area (Å²) in [4.78, 5) is 29.4. The van der Waals surface area contributed by atoms with Crippen LogP contribution in [0.25, 0.3) is 0 Å². The van der Waals surface area contributed by atoms with Crippen molar-refractivity contribution in [3.8, 4) is 11.5 Å². The summed E-state index contributed by atoms with van der Waals surface area (Å²) < 4.78 is 11.0. The molecule has 2 atom stereocenters. The number of amides is 2. The fraction of sp³-hybridized carbons (Fsp3) is 0.333. The van der Waals surface area contributed by atoms with Gasteiger partial charge in [-0.05, 0) is 52.6 Å². The second-order valence-electron chi connectivity index (χ2n) is 7.63. The van der Waals surface area contributed by atoms with Gasteiger partial charge in [-0.1, -0.05) is 12.1 Å². The molecule has 4 rings (SSSR count). The number of thiophene rings is 2. The minimum Gasteiger partial charge on any atom is -0.493 e. The zero-order valence-corrected chi connectivity index (χ0v) is 19.9. The fourth-order valence-electron chi connectivity index (χ4n) is 4.22. The Balaban J connectivity index is 1.69. The van der Waals surface area contributed by atoms with E-state index in [4.69, 9.17) is 9.47 Å². The van der Waals surface area contributed by atoms with Gasteiger partial charge in [-0.15, -0.1) is 22.7 Å². The third-order valence-corrected chi connectivity index (χ3v) is 7.56. The Morgan fingerprint density at radius 2 is 1.84 bits per heavy atom. The van der Waals surface area contributed by atoms with Gasteiger partial charge in [-0.3, -0.25) is 9.59 Å². The highest BCUT2D eigenvalue weighted by atomic mass is 32.1. The molecule has 168 valence electrons. The maximum Gasteiger partial charge on any atom is 0.225 e. The monoisotopic (exact) mass is 470 g/mol. The fourth-order valence-corrected chi connectivity index (χ4v) is 5.85. The van der Waals surface area contributed by atoms with Gasteiger partial charge in [-0.25, -0.2) is 0 Å². The quantitative estimate of drug-likeness (QED) is 0.549. The average molecular weight is 471 g/mol. The predicted molar refractivity (Wildman–Crippen MR) is 127 cm³/mol. The van der Waals surface area contributed by atoms with Crippen molar-refractivity contribution in [1.29, 1.82) is 0 Å². The van der Waals surface area contributed by atoms with E-state index in [1.54, 1.807) is 36.9 Å². The number of fused-ring (bicyclic) bond motifs is 1. The van der Waals surface area contributed by atoms with Crippen molar-refractivity contribution in [2.45, 2.75) is 31.8 Å². The van der Waals surface area contributed by atoms with Gasteiger partial charge in [0.25, 0.3) is 0 Å². The Labute approximate surface area is 195 Å². The van der Waals surface area contributed by atoms with Crippen molar-refractivity contribution in [3.05, 3.63) is 68.0 Å². The van der Waals surface area contributed by atoms with E-state index in [9.17, 15) is 9.59 Å². The lowest BCUT2D eigenvalue weighted by Gasteiger charge is -2.38. The van der Waals surface area contributed by atoms with Gasteiger partial charge in [0.15, 0.2) is 11.5 Å². The highest BCUT2D eigenvalue weighted by Gasteiger charge is 2.35. The van der Waals surface area contributed by atoms with Crippen LogP contribution in [0.1, 0.15) is 46.3 Å². The number of carbonyl (C=O) groups excluding carboxylic acids is 2. The molecule has 0 unspecified atom stereocenters. The molecule has 2 amide bonds. The average Bonchev–Trinajstić information content (AvgIpc) is 3.50. The number of nitrogens with one attached hydrogen (secondary N) is 1. The van der Waals surface area contributed by atoms with Crippen molar-refractivity contribution in [2.75, 3.05) is 20.8 Å². The number of hydrogen-bond acceptors (Lipinski definition) is 6. The summed E-state index contributed by atoms with van der Waals surface area (Å²) in [6.45, 7) is 2.08. The van der Waals surface area contributed by atoms with Gasteiger partial charge >= 0.3 is 0 Å². The molecule has 2 aromatic heterocycles. The molecule has 0 radical (unpaired) electrons. The largest absolute Gasteiger partial charge is 0.493 e. The van der Waals surface area contributed by atoms with Gasteiger partial charge in [0.1, 0.15) is 0 Å². The molecule has 3 heterocycles. The van der Waals surface area contributed by atoms with Crippen LogP contribution in [0, 0.1) is 0 Å². The van der Waals surface area contributed by atoms with Crippen LogP contribution in [0.4, 0.5) is 0 Å². The summed E-state index contributed by atoms with van der Waals surface area (Å²) in [6, 6.07) is 11.4. The molecule has 32 heavy (non-hydrogen) atoms. The number of hydrogen-bond donors (Lipinski definition) is 1. The van der Waals surface area contributed by atoms with E-state index in [1.165, 1.54) is 6.92 Å². The molecular weight excluding hydrogens is 444 g/mol. The zero-order chi connectivity index (χ0) is 22.7. The van der Waals surface area contributed by atoms with Crippen molar-refractivity contribution in [2.24, 2.45) is 0 Å². The molecule has 1 aliphatic heterocycles. The Bertz CT molecular complexity index is 1080. The van der Waals surface area contributed by atoms with E-state index in [1.807, 2.05) is 46.0 Å². The summed E-state index contributed by atoms with van der Waals surface area (Å²) in [7, 11) is 3.25. The third-order valence-electron chi connectivity index (χ3n) is 5.65. The number of methoxy groups -OCH3 is 2. The van der Waals surface area contributed by atoms with Crippen molar-refractivity contribution in [1.82, 2.24) is 10.2 Å². The van der Waals surface area contributed by atoms with Crippen molar-refractivity contribution in [3.63, 3.8) is 0 Å². The molecule has 0 saturated heterocycles. The third kappa shape index (κ3) is 4.52. The van der Waals surface area contributed by atoms with Crippen LogP contribution in [0.5, 0.6) is 11.5 Å². The highest BCUT2D eigenvalue weighted by molar-refractivity contribution is 7.10. The molecular formula is C24H26N2O4S2. The molecule has 0 saturated carbocycles. The van der Waals surface area contributed by atoms with Gasteiger partial charge in [-0.2, -0.15) is 0 Å². The van der Waals surface area contributed by atoms with Gasteiger partial charge in [0.05, 0.1) is 32.7 Å². The maximum absolute atomic E-state index is 13.6. The maximum atomic E-state index is 13.6. The van der Waals surface area contributed by atoms with Crippen molar-refractivity contribution < 1.29 is 19.1 Å². The Kier molecular flexibility index (Phi) is 6.81. The number of benzene rings is 1. The number of carbonyl (C=O) groups is 2. The predicted octanol–water partition coefficient (Wildman–Crippen LogP) is 4.57. The lowest BCUT2D eigenvalue weighted by atomic mass is 9.90. The number of ether oxygens (including phenoxy) is 2. The van der Waals surface area contributed by atoms with E-state index in [0.717, 1.165) is 27.3 Å². The minimum atomic E-state index is -0.337. The van der Waals surface area contributed by atoms with Crippen LogP contribution in [-0.4, -0.2) is 37.5 Å². The van der Waals surface area contributed by atoms with E-state index in [0.29, 0.717) is 18.0 Å². The number of nitrogens with zero attached hydrogens (tertiary/aromatic N) is 1. The van der Waals surface area contributed by atoms with E-state index in [2.05, 4.69) is 11.4 Å². The molecule has 0 aliphatic carbocycles. The lowest BCUT2D eigenvalue weighted by Crippen LogP contribution is -2.42. The summed E-state index contributed by atoms with van der Waals surface area (Å²) in [5.41, 5.74) is 2.21. The smallest absolute Gasteiger partial charge is 0.225 e. The van der Waals surface area contributed by atoms with Gasteiger partial charge in [0.2, 0.25) is 11.8 Å². The molecule has 1 aliphatic rings. The van der Waals surface area contributed by atoms with Crippen LogP contribution < -0.4 is 14.8 Å². The summed E-state index contributed by atoms with van der Waals surface area (Å²) >= 11 is 3.18.